The van der Waals surface area contributed by atoms with Crippen LogP contribution in [0.5, 0.6) is 0 Å². The highest BCUT2D eigenvalue weighted by molar-refractivity contribution is 5.97. The number of hydrogen-bond donors (Lipinski definition) is 0. The molecule has 0 atom stereocenters. The molecule has 0 unspecified atom stereocenters. The zero-order valence-corrected chi connectivity index (χ0v) is 10.9. The third-order valence-electron chi connectivity index (χ3n) is 3.46. The smallest absolute Gasteiger partial charge is 0.176 e. The fourth-order valence-electron chi connectivity index (χ4n) is 2.02. The zero-order chi connectivity index (χ0) is 12.4. The summed E-state index contributed by atoms with van der Waals surface area (Å²) in [4.78, 5) is 14.2. The summed E-state index contributed by atoms with van der Waals surface area (Å²) in [5.74, 6) is 0.753. The molecular formula is C15H21NO. The minimum Gasteiger partial charge on any atom is -0.296 e. The number of nitrogens with zero attached hydrogens (tertiary/aromatic N) is 1. The highest BCUT2D eigenvalue weighted by Gasteiger charge is 2.27. The topological polar surface area (TPSA) is 20.3 Å². The van der Waals surface area contributed by atoms with Gasteiger partial charge in [-0.05, 0) is 31.4 Å². The fraction of sp³-hybridized carbons (Fsp3) is 0.533. The van der Waals surface area contributed by atoms with Crippen LogP contribution in [0.25, 0.3) is 0 Å². The van der Waals surface area contributed by atoms with Crippen LogP contribution < -0.4 is 0 Å². The van der Waals surface area contributed by atoms with Crippen LogP contribution >= 0.6 is 0 Å². The van der Waals surface area contributed by atoms with Crippen molar-refractivity contribution < 1.29 is 4.79 Å². The Hall–Kier alpha value is -1.15. The van der Waals surface area contributed by atoms with Crippen molar-refractivity contribution in [2.75, 3.05) is 13.6 Å². The highest BCUT2D eigenvalue weighted by atomic mass is 16.1. The maximum absolute atomic E-state index is 12.0. The summed E-state index contributed by atoms with van der Waals surface area (Å²) >= 11 is 0. The molecule has 0 amide bonds. The van der Waals surface area contributed by atoms with E-state index in [0.717, 1.165) is 5.56 Å². The Morgan fingerprint density at radius 1 is 1.29 bits per heavy atom. The van der Waals surface area contributed by atoms with Gasteiger partial charge in [-0.15, -0.1) is 0 Å². The number of Topliss-reactive ketones (excluding diaryl/α,β-unsaturated/α-hetero) is 1. The van der Waals surface area contributed by atoms with Gasteiger partial charge in [-0.25, -0.2) is 0 Å². The third-order valence-corrected chi connectivity index (χ3v) is 3.46. The van der Waals surface area contributed by atoms with E-state index in [1.807, 2.05) is 19.2 Å². The summed E-state index contributed by atoms with van der Waals surface area (Å²) < 4.78 is 0. The van der Waals surface area contributed by atoms with Crippen molar-refractivity contribution >= 4 is 5.78 Å². The van der Waals surface area contributed by atoms with Gasteiger partial charge < -0.3 is 0 Å². The largest absolute Gasteiger partial charge is 0.296 e. The second-order valence-electron chi connectivity index (χ2n) is 5.35. The van der Waals surface area contributed by atoms with Gasteiger partial charge in [0.15, 0.2) is 5.78 Å². The van der Waals surface area contributed by atoms with Crippen LogP contribution in [0.1, 0.15) is 48.5 Å². The molecule has 0 aliphatic heterocycles. The lowest BCUT2D eigenvalue weighted by molar-refractivity contribution is 0.0942. The molecule has 0 spiro atoms. The van der Waals surface area contributed by atoms with E-state index in [9.17, 15) is 4.79 Å². The van der Waals surface area contributed by atoms with E-state index in [-0.39, 0.29) is 5.78 Å². The average Bonchev–Trinajstić information content (AvgIpc) is 3.12. The monoisotopic (exact) mass is 231 g/mol. The van der Waals surface area contributed by atoms with Gasteiger partial charge in [0, 0.05) is 11.6 Å². The maximum atomic E-state index is 12.0. The molecule has 1 fully saturated rings. The number of rotatable bonds is 5. The normalized spacial score (nSPS) is 15.6. The van der Waals surface area contributed by atoms with Crippen LogP contribution in [0.15, 0.2) is 24.3 Å². The van der Waals surface area contributed by atoms with Crippen LogP contribution in [-0.4, -0.2) is 30.3 Å². The van der Waals surface area contributed by atoms with Gasteiger partial charge in [0.05, 0.1) is 6.54 Å². The van der Waals surface area contributed by atoms with E-state index < -0.39 is 0 Å². The van der Waals surface area contributed by atoms with E-state index >= 15 is 0 Å². The van der Waals surface area contributed by atoms with E-state index in [1.54, 1.807) is 0 Å². The average molecular weight is 231 g/mol. The molecule has 1 aromatic carbocycles. The molecule has 2 heteroatoms. The molecule has 0 heterocycles. The number of ketones is 1. The Balaban J connectivity index is 1.98. The van der Waals surface area contributed by atoms with Gasteiger partial charge in [-0.3, -0.25) is 9.69 Å². The first-order valence-corrected chi connectivity index (χ1v) is 6.41. The van der Waals surface area contributed by atoms with Crippen molar-refractivity contribution in [1.29, 1.82) is 0 Å². The molecule has 1 aliphatic carbocycles. The van der Waals surface area contributed by atoms with Crippen molar-refractivity contribution in [2.24, 2.45) is 0 Å². The van der Waals surface area contributed by atoms with Gasteiger partial charge in [0.1, 0.15) is 0 Å². The van der Waals surface area contributed by atoms with Gasteiger partial charge in [-0.2, -0.15) is 0 Å². The Morgan fingerprint density at radius 3 is 2.35 bits per heavy atom. The zero-order valence-electron chi connectivity index (χ0n) is 10.9. The molecule has 1 aliphatic rings. The number of likely N-dealkylation sites (N-methyl/N-ethyl adjacent to an activating group) is 1. The molecular weight excluding hydrogens is 210 g/mol. The SMILES string of the molecule is CC(C)c1ccc(C(=O)CN(C)C2CC2)cc1. The van der Waals surface area contributed by atoms with Crippen molar-refractivity contribution in [3.8, 4) is 0 Å². The van der Waals surface area contributed by atoms with Crippen molar-refractivity contribution in [2.45, 2.75) is 38.6 Å². The highest BCUT2D eigenvalue weighted by Crippen LogP contribution is 2.25. The minimum atomic E-state index is 0.231. The molecule has 2 rings (SSSR count). The Bertz CT molecular complexity index is 390. The summed E-state index contributed by atoms with van der Waals surface area (Å²) in [7, 11) is 2.04. The van der Waals surface area contributed by atoms with Gasteiger partial charge in [-0.1, -0.05) is 38.1 Å². The van der Waals surface area contributed by atoms with Crippen LogP contribution in [0.4, 0.5) is 0 Å². The first kappa shape index (κ1) is 12.3. The first-order chi connectivity index (χ1) is 8.08. The molecule has 2 nitrogen and oxygen atoms in total. The molecule has 0 aromatic heterocycles. The lowest BCUT2D eigenvalue weighted by atomic mass is 10.0. The molecule has 1 saturated carbocycles. The maximum Gasteiger partial charge on any atom is 0.176 e. The van der Waals surface area contributed by atoms with E-state index in [2.05, 4.69) is 30.9 Å². The second kappa shape index (κ2) is 5.01. The summed E-state index contributed by atoms with van der Waals surface area (Å²) in [5.41, 5.74) is 2.12. The first-order valence-electron chi connectivity index (χ1n) is 6.41. The van der Waals surface area contributed by atoms with E-state index in [0.29, 0.717) is 18.5 Å². The lowest BCUT2D eigenvalue weighted by Crippen LogP contribution is -2.27. The Labute approximate surface area is 104 Å². The lowest BCUT2D eigenvalue weighted by Gasteiger charge is -2.14. The van der Waals surface area contributed by atoms with E-state index in [1.165, 1.54) is 18.4 Å². The predicted octanol–water partition coefficient (Wildman–Crippen LogP) is 3.09. The molecule has 1 aromatic rings. The van der Waals surface area contributed by atoms with Gasteiger partial charge in [0.25, 0.3) is 0 Å². The van der Waals surface area contributed by atoms with Gasteiger partial charge >= 0.3 is 0 Å². The third kappa shape index (κ3) is 3.16. The summed E-state index contributed by atoms with van der Waals surface area (Å²) in [6, 6.07) is 8.69. The van der Waals surface area contributed by atoms with Crippen molar-refractivity contribution in [3.05, 3.63) is 35.4 Å². The van der Waals surface area contributed by atoms with E-state index in [4.69, 9.17) is 0 Å². The fourth-order valence-corrected chi connectivity index (χ4v) is 2.02. The number of hydrogen-bond acceptors (Lipinski definition) is 2. The molecule has 92 valence electrons. The molecule has 17 heavy (non-hydrogen) atoms. The molecule has 0 N–H and O–H groups in total. The van der Waals surface area contributed by atoms with Crippen LogP contribution in [0, 0.1) is 0 Å². The number of benzene rings is 1. The van der Waals surface area contributed by atoms with Gasteiger partial charge in [0.2, 0.25) is 0 Å². The van der Waals surface area contributed by atoms with Crippen LogP contribution in [-0.2, 0) is 0 Å². The summed E-state index contributed by atoms with van der Waals surface area (Å²) in [5, 5.41) is 0. The quantitative estimate of drug-likeness (QED) is 0.726. The Morgan fingerprint density at radius 2 is 1.88 bits per heavy atom. The summed E-state index contributed by atoms with van der Waals surface area (Å²) in [6.45, 7) is 4.88. The second-order valence-corrected chi connectivity index (χ2v) is 5.35. The van der Waals surface area contributed by atoms with Crippen LogP contribution in [0.2, 0.25) is 0 Å². The Kier molecular flexibility index (Phi) is 3.63. The van der Waals surface area contributed by atoms with Crippen molar-refractivity contribution in [3.63, 3.8) is 0 Å². The molecule has 0 radical (unpaired) electrons. The molecule has 0 bridgehead atoms. The summed E-state index contributed by atoms with van der Waals surface area (Å²) in [6.07, 6.45) is 2.49. The van der Waals surface area contributed by atoms with Crippen LogP contribution in [0.3, 0.4) is 0 Å². The standard InChI is InChI=1S/C15H21NO/c1-11(2)12-4-6-13(7-5-12)15(17)10-16(3)14-8-9-14/h4-7,11,14H,8-10H2,1-3H3. The predicted molar refractivity (Wildman–Crippen MR) is 70.5 cm³/mol. The number of carbonyl (C=O) groups excluding carboxylic acids is 1. The molecule has 0 saturated heterocycles. The van der Waals surface area contributed by atoms with Crippen molar-refractivity contribution in [1.82, 2.24) is 4.90 Å². The minimum absolute atomic E-state index is 0.231. The number of carbonyl (C=O) groups is 1.